The number of nitrogens with one attached hydrogen (secondary N) is 1. The largest absolute Gasteiger partial charge is 0.466 e. The summed E-state index contributed by atoms with van der Waals surface area (Å²) >= 11 is 0. The SMILES string of the molecule is CCCCCCCCCCCCCCCCCCCCCCCCC(O)C(CO)NC(=O)CCCCCCCCCCCCCCCCCCCCCCCCCCCCCCCCCCCCCCCOC(=O)CCCCCCCCCCCCCCCCCCC. The van der Waals surface area contributed by atoms with Gasteiger partial charge in [-0.3, -0.25) is 9.59 Å². The number of ether oxygens (including phenoxy) is 1. The van der Waals surface area contributed by atoms with Gasteiger partial charge in [0.05, 0.1) is 25.4 Å². The maximum Gasteiger partial charge on any atom is 0.305 e. The van der Waals surface area contributed by atoms with Crippen LogP contribution in [0.3, 0.4) is 0 Å². The smallest absolute Gasteiger partial charge is 0.305 e. The third-order valence-corrected chi connectivity index (χ3v) is 21.2. The molecular weight excluding hydrogens is 1140 g/mol. The summed E-state index contributed by atoms with van der Waals surface area (Å²) < 4.78 is 5.52. The monoisotopic (exact) mass is 1310 g/mol. The number of hydrogen-bond donors (Lipinski definition) is 3. The fraction of sp³-hybridized carbons (Fsp3) is 0.977. The summed E-state index contributed by atoms with van der Waals surface area (Å²) in [7, 11) is 0. The Bertz CT molecular complexity index is 1370. The first-order valence-electron chi connectivity index (χ1n) is 43.8. The highest BCUT2D eigenvalue weighted by Crippen LogP contribution is 2.22. The minimum atomic E-state index is -0.661. The van der Waals surface area contributed by atoms with Crippen LogP contribution in [-0.4, -0.2) is 47.4 Å². The van der Waals surface area contributed by atoms with Gasteiger partial charge in [0.2, 0.25) is 5.91 Å². The van der Waals surface area contributed by atoms with E-state index in [4.69, 9.17) is 4.74 Å². The van der Waals surface area contributed by atoms with E-state index in [1.807, 2.05) is 0 Å². The number of amides is 1. The van der Waals surface area contributed by atoms with Crippen LogP contribution in [0.1, 0.15) is 521 Å². The number of unbranched alkanes of at least 4 members (excludes halogenated alkanes) is 73. The fourth-order valence-electron chi connectivity index (χ4n) is 14.5. The summed E-state index contributed by atoms with van der Waals surface area (Å²) in [6, 6.07) is -0.537. The first-order chi connectivity index (χ1) is 46.0. The van der Waals surface area contributed by atoms with Crippen LogP contribution in [0.25, 0.3) is 0 Å². The zero-order valence-electron chi connectivity index (χ0n) is 64.0. The van der Waals surface area contributed by atoms with Crippen LogP contribution in [0.15, 0.2) is 0 Å². The van der Waals surface area contributed by atoms with Crippen molar-refractivity contribution in [2.24, 2.45) is 0 Å². The average Bonchev–Trinajstić information content (AvgIpc) is 3.78. The molecule has 93 heavy (non-hydrogen) atoms. The molecule has 0 aromatic heterocycles. The lowest BCUT2D eigenvalue weighted by atomic mass is 10.0. The molecule has 3 N–H and O–H groups in total. The number of aliphatic hydroxyl groups is 2. The van der Waals surface area contributed by atoms with Gasteiger partial charge in [0.25, 0.3) is 0 Å². The number of carbonyl (C=O) groups excluding carboxylic acids is 2. The molecule has 0 spiro atoms. The van der Waals surface area contributed by atoms with Crippen LogP contribution in [0, 0.1) is 0 Å². The molecule has 0 saturated heterocycles. The molecule has 0 aliphatic rings. The van der Waals surface area contributed by atoms with Crippen molar-refractivity contribution < 1.29 is 24.5 Å². The first-order valence-corrected chi connectivity index (χ1v) is 43.8. The van der Waals surface area contributed by atoms with E-state index in [2.05, 4.69) is 19.2 Å². The van der Waals surface area contributed by atoms with Crippen LogP contribution < -0.4 is 5.32 Å². The van der Waals surface area contributed by atoms with E-state index in [0.717, 1.165) is 38.5 Å². The zero-order chi connectivity index (χ0) is 67.0. The lowest BCUT2D eigenvalue weighted by Crippen LogP contribution is -2.45. The summed E-state index contributed by atoms with van der Waals surface area (Å²) in [6.45, 7) is 5.03. The predicted octanol–water partition coefficient (Wildman–Crippen LogP) is 29.2. The van der Waals surface area contributed by atoms with Gasteiger partial charge < -0.3 is 20.3 Å². The molecule has 0 fully saturated rings. The normalized spacial score (nSPS) is 12.3. The molecule has 0 rings (SSSR count). The second-order valence-corrected chi connectivity index (χ2v) is 30.6. The highest BCUT2D eigenvalue weighted by molar-refractivity contribution is 5.76. The van der Waals surface area contributed by atoms with Crippen LogP contribution in [-0.2, 0) is 14.3 Å². The summed E-state index contributed by atoms with van der Waals surface area (Å²) in [4.78, 5) is 24.7. The lowest BCUT2D eigenvalue weighted by Gasteiger charge is -2.22. The van der Waals surface area contributed by atoms with Crippen molar-refractivity contribution in [2.75, 3.05) is 13.2 Å². The molecule has 1 amide bonds. The van der Waals surface area contributed by atoms with E-state index in [9.17, 15) is 19.8 Å². The molecule has 0 bridgehead atoms. The lowest BCUT2D eigenvalue weighted by molar-refractivity contribution is -0.143. The van der Waals surface area contributed by atoms with E-state index in [1.165, 1.54) is 449 Å². The van der Waals surface area contributed by atoms with Gasteiger partial charge in [0.15, 0.2) is 0 Å². The Morgan fingerprint density at radius 2 is 0.441 bits per heavy atom. The van der Waals surface area contributed by atoms with Crippen molar-refractivity contribution in [3.05, 3.63) is 0 Å². The van der Waals surface area contributed by atoms with Gasteiger partial charge in [-0.2, -0.15) is 0 Å². The summed E-state index contributed by atoms with van der Waals surface area (Å²) in [6.07, 6.45) is 105. The molecule has 0 aliphatic carbocycles. The Labute approximate surface area is 585 Å². The van der Waals surface area contributed by atoms with Crippen molar-refractivity contribution in [3.8, 4) is 0 Å². The Morgan fingerprint density at radius 1 is 0.258 bits per heavy atom. The molecule has 2 unspecified atom stereocenters. The molecule has 0 aliphatic heterocycles. The number of hydrogen-bond acceptors (Lipinski definition) is 5. The highest BCUT2D eigenvalue weighted by atomic mass is 16.5. The molecule has 0 saturated carbocycles. The van der Waals surface area contributed by atoms with Gasteiger partial charge in [0.1, 0.15) is 0 Å². The number of aliphatic hydroxyl groups excluding tert-OH is 2. The Morgan fingerprint density at radius 3 is 0.656 bits per heavy atom. The van der Waals surface area contributed by atoms with Gasteiger partial charge in [-0.15, -0.1) is 0 Å². The van der Waals surface area contributed by atoms with E-state index < -0.39 is 12.1 Å². The molecule has 6 nitrogen and oxygen atoms in total. The van der Waals surface area contributed by atoms with Crippen LogP contribution in [0.5, 0.6) is 0 Å². The number of esters is 1. The minimum Gasteiger partial charge on any atom is -0.466 e. The van der Waals surface area contributed by atoms with Crippen molar-refractivity contribution in [2.45, 2.75) is 533 Å². The fourth-order valence-corrected chi connectivity index (χ4v) is 14.5. The summed E-state index contributed by atoms with van der Waals surface area (Å²) in [5, 5.41) is 23.5. The van der Waals surface area contributed by atoms with Crippen molar-refractivity contribution in [1.29, 1.82) is 0 Å². The minimum absolute atomic E-state index is 0.0225. The van der Waals surface area contributed by atoms with Gasteiger partial charge in [0, 0.05) is 12.8 Å². The number of carbonyl (C=O) groups is 2. The average molecular weight is 1310 g/mol. The molecule has 0 radical (unpaired) electrons. The highest BCUT2D eigenvalue weighted by Gasteiger charge is 2.20. The van der Waals surface area contributed by atoms with E-state index in [0.29, 0.717) is 25.9 Å². The third-order valence-electron chi connectivity index (χ3n) is 21.2. The third kappa shape index (κ3) is 79.7. The van der Waals surface area contributed by atoms with Crippen LogP contribution >= 0.6 is 0 Å². The maximum atomic E-state index is 12.6. The Hall–Kier alpha value is -1.14. The van der Waals surface area contributed by atoms with E-state index in [1.54, 1.807) is 0 Å². The van der Waals surface area contributed by atoms with E-state index in [-0.39, 0.29) is 18.5 Å². The molecule has 0 heterocycles. The van der Waals surface area contributed by atoms with Crippen molar-refractivity contribution in [1.82, 2.24) is 5.32 Å². The topological polar surface area (TPSA) is 95.9 Å². The van der Waals surface area contributed by atoms with Crippen LogP contribution in [0.4, 0.5) is 0 Å². The molecule has 0 aromatic rings. The molecule has 2 atom stereocenters. The van der Waals surface area contributed by atoms with E-state index >= 15 is 0 Å². The molecule has 0 aromatic carbocycles. The summed E-state index contributed by atoms with van der Waals surface area (Å²) in [5.74, 6) is 0.00656. The quantitative estimate of drug-likeness (QED) is 0.0417. The predicted molar refractivity (Wildman–Crippen MR) is 412 cm³/mol. The van der Waals surface area contributed by atoms with Gasteiger partial charge in [-0.05, 0) is 25.7 Å². The molecule has 6 heteroatoms. The standard InChI is InChI=1S/C87H173NO5/c1-3-5-7-9-11-13-15-17-19-21-22-23-41-44-48-51-55-59-63-67-71-75-79-85(90)84(83-89)88-86(91)80-76-72-68-64-60-56-52-49-45-42-39-37-35-33-31-29-27-25-24-26-28-30-32-34-36-38-40-43-46-50-54-58-62-66-70-74-78-82-93-87(92)81-77-73-69-65-61-57-53-47-20-18-16-14-12-10-8-6-4-2/h84-85,89-90H,3-83H2,1-2H3,(H,88,91). The van der Waals surface area contributed by atoms with Gasteiger partial charge >= 0.3 is 5.97 Å². The number of rotatable bonds is 84. The van der Waals surface area contributed by atoms with Crippen molar-refractivity contribution >= 4 is 11.9 Å². The molecular formula is C87H173NO5. The van der Waals surface area contributed by atoms with Gasteiger partial charge in [-0.25, -0.2) is 0 Å². The second kappa shape index (κ2) is 83.3. The second-order valence-electron chi connectivity index (χ2n) is 30.6. The Kier molecular flexibility index (Phi) is 82.3. The maximum absolute atomic E-state index is 12.6. The van der Waals surface area contributed by atoms with Crippen LogP contribution in [0.2, 0.25) is 0 Å². The molecule has 556 valence electrons. The zero-order valence-corrected chi connectivity index (χ0v) is 64.0. The summed E-state index contributed by atoms with van der Waals surface area (Å²) in [5.41, 5.74) is 0. The van der Waals surface area contributed by atoms with Gasteiger partial charge in [-0.1, -0.05) is 483 Å². The Balaban J connectivity index is 3.29. The first kappa shape index (κ1) is 91.9. The van der Waals surface area contributed by atoms with Crippen molar-refractivity contribution in [3.63, 3.8) is 0 Å².